The fraction of sp³-hybridized carbons (Fsp3) is 0.474. The highest BCUT2D eigenvalue weighted by atomic mass is 16.2. The first-order chi connectivity index (χ1) is 11.6. The molecule has 3 rings (SSSR count). The topological polar surface area (TPSA) is 66.6 Å². The average molecular weight is 327 g/mol. The molecular formula is C19H25N3O2. The van der Waals surface area contributed by atoms with E-state index in [1.807, 2.05) is 41.3 Å². The van der Waals surface area contributed by atoms with Crippen LogP contribution in [0.15, 0.2) is 36.4 Å². The molecular weight excluding hydrogens is 302 g/mol. The molecule has 2 aliphatic heterocycles. The summed E-state index contributed by atoms with van der Waals surface area (Å²) in [4.78, 5) is 28.0. The first-order valence-electron chi connectivity index (χ1n) is 8.72. The van der Waals surface area contributed by atoms with Gasteiger partial charge in [-0.3, -0.25) is 14.5 Å². The number of rotatable bonds is 4. The van der Waals surface area contributed by atoms with E-state index in [4.69, 9.17) is 5.73 Å². The molecule has 5 nitrogen and oxygen atoms in total. The predicted molar refractivity (Wildman–Crippen MR) is 94.0 cm³/mol. The van der Waals surface area contributed by atoms with Crippen molar-refractivity contribution in [3.05, 3.63) is 42.0 Å². The fourth-order valence-electron chi connectivity index (χ4n) is 3.79. The summed E-state index contributed by atoms with van der Waals surface area (Å²) >= 11 is 0. The number of hydrogen-bond donors (Lipinski definition) is 1. The fourth-order valence-corrected chi connectivity index (χ4v) is 3.79. The van der Waals surface area contributed by atoms with Gasteiger partial charge in [0.25, 0.3) is 0 Å². The number of carbonyl (C=O) groups is 2. The van der Waals surface area contributed by atoms with Crippen LogP contribution in [0.1, 0.15) is 31.2 Å². The highest BCUT2D eigenvalue weighted by Crippen LogP contribution is 2.26. The summed E-state index contributed by atoms with van der Waals surface area (Å²) < 4.78 is 0. The minimum Gasteiger partial charge on any atom is -0.368 e. The first kappa shape index (κ1) is 16.7. The average Bonchev–Trinajstić information content (AvgIpc) is 3.11. The van der Waals surface area contributed by atoms with Crippen LogP contribution in [0.4, 0.5) is 0 Å². The number of piperidine rings is 1. The molecule has 1 aromatic rings. The van der Waals surface area contributed by atoms with Gasteiger partial charge in [0.15, 0.2) is 0 Å². The van der Waals surface area contributed by atoms with Crippen molar-refractivity contribution in [2.24, 2.45) is 5.73 Å². The SMILES string of the molecule is NC(=O)[C@@H]1CCCN1C1CCN(C(=O)/C=C\c2ccccc2)CC1. The second kappa shape index (κ2) is 7.62. The van der Waals surface area contributed by atoms with E-state index in [9.17, 15) is 9.59 Å². The van der Waals surface area contributed by atoms with E-state index in [-0.39, 0.29) is 17.9 Å². The van der Waals surface area contributed by atoms with Crippen LogP contribution in [0.25, 0.3) is 6.08 Å². The smallest absolute Gasteiger partial charge is 0.246 e. The standard InChI is InChI=1S/C19H25N3O2/c20-19(24)17-7-4-12-22(17)16-10-13-21(14-11-16)18(23)9-8-15-5-2-1-3-6-15/h1-3,5-6,8-9,16-17H,4,7,10-14H2,(H2,20,24)/b9-8-/t17-/m0/s1. The molecule has 2 N–H and O–H groups in total. The summed E-state index contributed by atoms with van der Waals surface area (Å²) in [6.07, 6.45) is 7.24. The Kier molecular flexibility index (Phi) is 5.30. The summed E-state index contributed by atoms with van der Waals surface area (Å²) in [5.74, 6) is -0.151. The van der Waals surface area contributed by atoms with Crippen LogP contribution in [0.5, 0.6) is 0 Å². The van der Waals surface area contributed by atoms with E-state index in [0.717, 1.165) is 50.9 Å². The molecule has 2 fully saturated rings. The second-order valence-electron chi connectivity index (χ2n) is 6.60. The van der Waals surface area contributed by atoms with Gasteiger partial charge in [-0.2, -0.15) is 0 Å². The van der Waals surface area contributed by atoms with Gasteiger partial charge in [-0.15, -0.1) is 0 Å². The summed E-state index contributed by atoms with van der Waals surface area (Å²) in [7, 11) is 0. The van der Waals surface area contributed by atoms with Gasteiger partial charge in [0.05, 0.1) is 6.04 Å². The Bertz CT molecular complexity index is 606. The van der Waals surface area contributed by atoms with Crippen molar-refractivity contribution in [3.63, 3.8) is 0 Å². The zero-order valence-electron chi connectivity index (χ0n) is 13.9. The Hall–Kier alpha value is -2.14. The van der Waals surface area contributed by atoms with Crippen molar-refractivity contribution < 1.29 is 9.59 Å². The van der Waals surface area contributed by atoms with Crippen LogP contribution >= 0.6 is 0 Å². The molecule has 0 bridgehead atoms. The molecule has 0 spiro atoms. The van der Waals surface area contributed by atoms with E-state index in [0.29, 0.717) is 6.04 Å². The van der Waals surface area contributed by atoms with Crippen LogP contribution in [0.3, 0.4) is 0 Å². The molecule has 0 unspecified atom stereocenters. The van der Waals surface area contributed by atoms with Gasteiger partial charge in [0.1, 0.15) is 0 Å². The van der Waals surface area contributed by atoms with Crippen LogP contribution in [0, 0.1) is 0 Å². The van der Waals surface area contributed by atoms with Gasteiger partial charge in [-0.1, -0.05) is 30.3 Å². The molecule has 0 aliphatic carbocycles. The lowest BCUT2D eigenvalue weighted by Crippen LogP contribution is -2.51. The van der Waals surface area contributed by atoms with Gasteiger partial charge >= 0.3 is 0 Å². The molecule has 0 aromatic heterocycles. The molecule has 1 atom stereocenters. The maximum atomic E-state index is 12.3. The summed E-state index contributed by atoms with van der Waals surface area (Å²) in [5.41, 5.74) is 6.54. The minimum atomic E-state index is -0.211. The number of nitrogens with two attached hydrogens (primary N) is 1. The third kappa shape index (κ3) is 3.85. The van der Waals surface area contributed by atoms with Crippen molar-refractivity contribution in [1.82, 2.24) is 9.80 Å². The number of hydrogen-bond acceptors (Lipinski definition) is 3. The van der Waals surface area contributed by atoms with Crippen molar-refractivity contribution >= 4 is 17.9 Å². The van der Waals surface area contributed by atoms with Crippen molar-refractivity contribution in [1.29, 1.82) is 0 Å². The summed E-state index contributed by atoms with van der Waals surface area (Å²) in [6, 6.07) is 10.1. The molecule has 0 saturated carbocycles. The Labute approximate surface area is 143 Å². The summed E-state index contributed by atoms with van der Waals surface area (Å²) in [6.45, 7) is 2.43. The Morgan fingerprint density at radius 3 is 2.42 bits per heavy atom. The number of primary amides is 1. The lowest BCUT2D eigenvalue weighted by Gasteiger charge is -2.38. The maximum absolute atomic E-state index is 12.3. The number of benzene rings is 1. The first-order valence-corrected chi connectivity index (χ1v) is 8.72. The van der Waals surface area contributed by atoms with Gasteiger partial charge in [-0.25, -0.2) is 0 Å². The van der Waals surface area contributed by atoms with Crippen LogP contribution in [0.2, 0.25) is 0 Å². The number of amides is 2. The van der Waals surface area contributed by atoms with E-state index in [1.165, 1.54) is 0 Å². The van der Waals surface area contributed by atoms with E-state index >= 15 is 0 Å². The van der Waals surface area contributed by atoms with Gasteiger partial charge in [-0.05, 0) is 43.9 Å². The molecule has 5 heteroatoms. The van der Waals surface area contributed by atoms with E-state index < -0.39 is 0 Å². The normalized spacial score (nSPS) is 23.0. The van der Waals surface area contributed by atoms with Crippen LogP contribution < -0.4 is 5.73 Å². The predicted octanol–water partition coefficient (Wildman–Crippen LogP) is 1.64. The highest BCUT2D eigenvalue weighted by Gasteiger charge is 2.35. The van der Waals surface area contributed by atoms with Crippen LogP contribution in [-0.4, -0.2) is 53.3 Å². The number of likely N-dealkylation sites (tertiary alicyclic amines) is 2. The Morgan fingerprint density at radius 2 is 1.75 bits per heavy atom. The lowest BCUT2D eigenvalue weighted by atomic mass is 10.0. The molecule has 2 saturated heterocycles. The maximum Gasteiger partial charge on any atom is 0.246 e. The molecule has 24 heavy (non-hydrogen) atoms. The quantitative estimate of drug-likeness (QED) is 0.855. The zero-order valence-corrected chi connectivity index (χ0v) is 13.9. The molecule has 2 amide bonds. The van der Waals surface area contributed by atoms with Crippen LogP contribution in [-0.2, 0) is 9.59 Å². The lowest BCUT2D eigenvalue weighted by molar-refractivity contribution is -0.129. The molecule has 0 radical (unpaired) electrons. The Morgan fingerprint density at radius 1 is 1.04 bits per heavy atom. The monoisotopic (exact) mass is 327 g/mol. The highest BCUT2D eigenvalue weighted by molar-refractivity contribution is 5.91. The number of nitrogens with zero attached hydrogens (tertiary/aromatic N) is 2. The zero-order chi connectivity index (χ0) is 16.9. The van der Waals surface area contributed by atoms with Crippen molar-refractivity contribution in [2.45, 2.75) is 37.8 Å². The van der Waals surface area contributed by atoms with Gasteiger partial charge in [0, 0.05) is 25.2 Å². The van der Waals surface area contributed by atoms with E-state index in [1.54, 1.807) is 6.08 Å². The third-order valence-corrected chi connectivity index (χ3v) is 5.09. The third-order valence-electron chi connectivity index (χ3n) is 5.09. The van der Waals surface area contributed by atoms with Gasteiger partial charge < -0.3 is 10.6 Å². The minimum absolute atomic E-state index is 0.0603. The Balaban J connectivity index is 1.52. The van der Waals surface area contributed by atoms with E-state index in [2.05, 4.69) is 4.90 Å². The molecule has 1 aromatic carbocycles. The molecule has 2 heterocycles. The summed E-state index contributed by atoms with van der Waals surface area (Å²) in [5, 5.41) is 0. The van der Waals surface area contributed by atoms with Gasteiger partial charge in [0.2, 0.25) is 11.8 Å². The molecule has 128 valence electrons. The molecule has 2 aliphatic rings. The second-order valence-corrected chi connectivity index (χ2v) is 6.60. The largest absolute Gasteiger partial charge is 0.368 e. The number of carbonyl (C=O) groups excluding carboxylic acids is 2. The van der Waals surface area contributed by atoms with Crippen molar-refractivity contribution in [3.8, 4) is 0 Å². The van der Waals surface area contributed by atoms with Crippen molar-refractivity contribution in [2.75, 3.05) is 19.6 Å².